The molecule has 19 heavy (non-hydrogen) atoms. The standard InChI is InChI=1S/C16H26N2O/c1-3-4-5-6-7-8-16(19)18-15-11-14(12-17)10-9-13(15)2/h9-11H,3-8,12,17H2,1-2H3,(H,18,19). The van der Waals surface area contributed by atoms with Crippen LogP contribution in [0.5, 0.6) is 0 Å². The Kier molecular flexibility index (Phi) is 7.19. The minimum atomic E-state index is 0.105. The molecule has 0 aliphatic heterocycles. The van der Waals surface area contributed by atoms with Gasteiger partial charge in [0.1, 0.15) is 0 Å². The maximum Gasteiger partial charge on any atom is 0.224 e. The molecule has 0 saturated heterocycles. The number of amides is 1. The Bertz CT molecular complexity index is 402. The van der Waals surface area contributed by atoms with Gasteiger partial charge >= 0.3 is 0 Å². The van der Waals surface area contributed by atoms with E-state index in [1.165, 1.54) is 19.3 Å². The molecule has 0 bridgehead atoms. The Balaban J connectivity index is 2.39. The molecule has 0 aliphatic rings. The van der Waals surface area contributed by atoms with Crippen molar-refractivity contribution in [1.82, 2.24) is 0 Å². The molecule has 0 atom stereocenters. The van der Waals surface area contributed by atoms with E-state index in [1.54, 1.807) is 0 Å². The highest BCUT2D eigenvalue weighted by Gasteiger charge is 2.05. The SMILES string of the molecule is CCCCCCCC(=O)Nc1cc(CN)ccc1C. The van der Waals surface area contributed by atoms with E-state index in [9.17, 15) is 4.79 Å². The lowest BCUT2D eigenvalue weighted by Crippen LogP contribution is -2.12. The van der Waals surface area contributed by atoms with Crippen LogP contribution in [0.25, 0.3) is 0 Å². The molecule has 0 spiro atoms. The van der Waals surface area contributed by atoms with Crippen LogP contribution in [0.2, 0.25) is 0 Å². The number of carbonyl (C=O) groups is 1. The highest BCUT2D eigenvalue weighted by Crippen LogP contribution is 2.17. The number of aryl methyl sites for hydroxylation is 1. The summed E-state index contributed by atoms with van der Waals surface area (Å²) in [4.78, 5) is 11.9. The van der Waals surface area contributed by atoms with Crippen LogP contribution in [0.4, 0.5) is 5.69 Å². The molecule has 1 rings (SSSR count). The summed E-state index contributed by atoms with van der Waals surface area (Å²) in [6, 6.07) is 5.96. The lowest BCUT2D eigenvalue weighted by molar-refractivity contribution is -0.116. The van der Waals surface area contributed by atoms with Gasteiger partial charge in [0, 0.05) is 18.7 Å². The molecule has 0 radical (unpaired) electrons. The lowest BCUT2D eigenvalue weighted by atomic mass is 10.1. The monoisotopic (exact) mass is 262 g/mol. The summed E-state index contributed by atoms with van der Waals surface area (Å²) in [6.45, 7) is 4.69. The van der Waals surface area contributed by atoms with E-state index in [0.717, 1.165) is 29.7 Å². The van der Waals surface area contributed by atoms with Crippen molar-refractivity contribution in [2.45, 2.75) is 58.9 Å². The molecule has 3 heteroatoms. The molecule has 3 N–H and O–H groups in total. The van der Waals surface area contributed by atoms with E-state index in [4.69, 9.17) is 5.73 Å². The summed E-state index contributed by atoms with van der Waals surface area (Å²) >= 11 is 0. The smallest absolute Gasteiger partial charge is 0.224 e. The summed E-state index contributed by atoms with van der Waals surface area (Å²) in [7, 11) is 0. The van der Waals surface area contributed by atoms with E-state index in [1.807, 2.05) is 25.1 Å². The number of hydrogen-bond donors (Lipinski definition) is 2. The van der Waals surface area contributed by atoms with Gasteiger partial charge in [0.2, 0.25) is 5.91 Å². The van der Waals surface area contributed by atoms with E-state index < -0.39 is 0 Å². The zero-order valence-electron chi connectivity index (χ0n) is 12.2. The van der Waals surface area contributed by atoms with Gasteiger partial charge in [-0.25, -0.2) is 0 Å². The zero-order valence-corrected chi connectivity index (χ0v) is 12.2. The predicted molar refractivity (Wildman–Crippen MR) is 81.1 cm³/mol. The summed E-state index contributed by atoms with van der Waals surface area (Å²) in [5.74, 6) is 0.105. The molecule has 0 unspecified atom stereocenters. The summed E-state index contributed by atoms with van der Waals surface area (Å²) in [5.41, 5.74) is 8.63. The Morgan fingerprint density at radius 3 is 2.63 bits per heavy atom. The van der Waals surface area contributed by atoms with Gasteiger partial charge in [-0.15, -0.1) is 0 Å². The minimum Gasteiger partial charge on any atom is -0.326 e. The van der Waals surface area contributed by atoms with Gasteiger partial charge in [0.15, 0.2) is 0 Å². The molecule has 0 saturated carbocycles. The molecule has 0 aliphatic carbocycles. The van der Waals surface area contributed by atoms with Crippen LogP contribution in [-0.2, 0) is 11.3 Å². The van der Waals surface area contributed by atoms with E-state index in [0.29, 0.717) is 13.0 Å². The summed E-state index contributed by atoms with van der Waals surface area (Å²) in [6.07, 6.45) is 6.45. The van der Waals surface area contributed by atoms with Gasteiger partial charge in [0.25, 0.3) is 0 Å². The number of benzene rings is 1. The van der Waals surface area contributed by atoms with Crippen molar-refractivity contribution < 1.29 is 4.79 Å². The van der Waals surface area contributed by atoms with Gasteiger partial charge in [-0.3, -0.25) is 4.79 Å². The van der Waals surface area contributed by atoms with Crippen molar-refractivity contribution >= 4 is 11.6 Å². The molecule has 1 amide bonds. The summed E-state index contributed by atoms with van der Waals surface area (Å²) < 4.78 is 0. The van der Waals surface area contributed by atoms with Crippen molar-refractivity contribution in [3.8, 4) is 0 Å². The number of nitrogens with two attached hydrogens (primary N) is 1. The van der Waals surface area contributed by atoms with Crippen molar-refractivity contribution in [2.75, 3.05) is 5.32 Å². The number of hydrogen-bond acceptors (Lipinski definition) is 2. The lowest BCUT2D eigenvalue weighted by Gasteiger charge is -2.10. The van der Waals surface area contributed by atoms with Crippen LogP contribution in [0.15, 0.2) is 18.2 Å². The number of anilines is 1. The first-order chi connectivity index (χ1) is 9.17. The topological polar surface area (TPSA) is 55.1 Å². The predicted octanol–water partition coefficient (Wildman–Crippen LogP) is 3.75. The largest absolute Gasteiger partial charge is 0.326 e. The van der Waals surface area contributed by atoms with Crippen LogP contribution in [0.1, 0.15) is 56.6 Å². The maximum atomic E-state index is 11.9. The Hall–Kier alpha value is -1.35. The second-order valence-corrected chi connectivity index (χ2v) is 5.07. The molecule has 0 heterocycles. The minimum absolute atomic E-state index is 0.105. The maximum absolute atomic E-state index is 11.9. The molecular weight excluding hydrogens is 236 g/mol. The van der Waals surface area contributed by atoms with Gasteiger partial charge in [0.05, 0.1) is 0 Å². The van der Waals surface area contributed by atoms with Gasteiger partial charge in [-0.05, 0) is 30.5 Å². The molecule has 106 valence electrons. The average Bonchev–Trinajstić information content (AvgIpc) is 2.41. The second-order valence-electron chi connectivity index (χ2n) is 5.07. The van der Waals surface area contributed by atoms with Crippen molar-refractivity contribution in [2.24, 2.45) is 5.73 Å². The molecule has 1 aromatic carbocycles. The number of nitrogens with one attached hydrogen (secondary N) is 1. The third-order valence-corrected chi connectivity index (χ3v) is 3.32. The molecule has 0 fully saturated rings. The van der Waals surface area contributed by atoms with Crippen LogP contribution < -0.4 is 11.1 Å². The third-order valence-electron chi connectivity index (χ3n) is 3.32. The fourth-order valence-corrected chi connectivity index (χ4v) is 2.03. The fraction of sp³-hybridized carbons (Fsp3) is 0.562. The highest BCUT2D eigenvalue weighted by molar-refractivity contribution is 5.91. The molecule has 0 aromatic heterocycles. The first kappa shape index (κ1) is 15.7. The van der Waals surface area contributed by atoms with E-state index in [2.05, 4.69) is 12.2 Å². The summed E-state index contributed by atoms with van der Waals surface area (Å²) in [5, 5.41) is 2.98. The van der Waals surface area contributed by atoms with Gasteiger partial charge < -0.3 is 11.1 Å². The zero-order chi connectivity index (χ0) is 14.1. The molecular formula is C16H26N2O. The molecule has 1 aromatic rings. The number of unbranched alkanes of at least 4 members (excludes halogenated alkanes) is 4. The quantitative estimate of drug-likeness (QED) is 0.701. The number of rotatable bonds is 8. The normalized spacial score (nSPS) is 10.5. The van der Waals surface area contributed by atoms with E-state index >= 15 is 0 Å². The van der Waals surface area contributed by atoms with Gasteiger partial charge in [-0.2, -0.15) is 0 Å². The van der Waals surface area contributed by atoms with Crippen molar-refractivity contribution in [3.05, 3.63) is 29.3 Å². The Morgan fingerprint density at radius 1 is 1.21 bits per heavy atom. The Morgan fingerprint density at radius 2 is 1.95 bits per heavy atom. The average molecular weight is 262 g/mol. The van der Waals surface area contributed by atoms with E-state index in [-0.39, 0.29) is 5.91 Å². The van der Waals surface area contributed by atoms with Crippen LogP contribution in [0.3, 0.4) is 0 Å². The highest BCUT2D eigenvalue weighted by atomic mass is 16.1. The third kappa shape index (κ3) is 5.88. The van der Waals surface area contributed by atoms with Crippen molar-refractivity contribution in [1.29, 1.82) is 0 Å². The van der Waals surface area contributed by atoms with Crippen LogP contribution in [0, 0.1) is 6.92 Å². The molecule has 3 nitrogen and oxygen atoms in total. The first-order valence-corrected chi connectivity index (χ1v) is 7.26. The number of carbonyl (C=O) groups excluding carboxylic acids is 1. The van der Waals surface area contributed by atoms with Gasteiger partial charge in [-0.1, -0.05) is 44.7 Å². The van der Waals surface area contributed by atoms with Crippen LogP contribution >= 0.6 is 0 Å². The fourth-order valence-electron chi connectivity index (χ4n) is 2.03. The van der Waals surface area contributed by atoms with Crippen LogP contribution in [-0.4, -0.2) is 5.91 Å². The van der Waals surface area contributed by atoms with Crippen molar-refractivity contribution in [3.63, 3.8) is 0 Å². The second kappa shape index (κ2) is 8.70. The Labute approximate surface area is 116 Å². The first-order valence-electron chi connectivity index (χ1n) is 7.26.